The molecule has 0 aliphatic heterocycles. The molecule has 1 aromatic carbocycles. The number of esters is 1. The first-order valence-electron chi connectivity index (χ1n) is 7.01. The number of benzene rings is 1. The summed E-state index contributed by atoms with van der Waals surface area (Å²) in [7, 11) is 0. The Morgan fingerprint density at radius 3 is 2.50 bits per heavy atom. The summed E-state index contributed by atoms with van der Waals surface area (Å²) in [5.74, 6) is -0.801. The van der Waals surface area contributed by atoms with Crippen LogP contribution in [0.1, 0.15) is 24.5 Å². The number of rotatable bonds is 5. The molecular formula is C15H18N2O5. The highest BCUT2D eigenvalue weighted by molar-refractivity contribution is 5.95. The second kappa shape index (κ2) is 6.13. The maximum absolute atomic E-state index is 11.8. The van der Waals surface area contributed by atoms with Crippen molar-refractivity contribution in [3.05, 3.63) is 33.4 Å². The number of anilines is 1. The first kappa shape index (κ1) is 15.9. The van der Waals surface area contributed by atoms with E-state index in [1.165, 1.54) is 12.1 Å². The van der Waals surface area contributed by atoms with Crippen LogP contribution in [0.15, 0.2) is 12.1 Å². The van der Waals surface area contributed by atoms with Gasteiger partial charge in [-0.15, -0.1) is 0 Å². The number of nitrogens with one attached hydrogen (secondary N) is 1. The van der Waals surface area contributed by atoms with Gasteiger partial charge in [-0.25, -0.2) is 0 Å². The summed E-state index contributed by atoms with van der Waals surface area (Å²) < 4.78 is 4.90. The molecule has 22 heavy (non-hydrogen) atoms. The van der Waals surface area contributed by atoms with E-state index in [4.69, 9.17) is 4.74 Å². The Morgan fingerprint density at radius 1 is 1.36 bits per heavy atom. The van der Waals surface area contributed by atoms with E-state index < -0.39 is 23.4 Å². The molecule has 0 radical (unpaired) electrons. The number of ether oxygens (including phenoxy) is 1. The number of carbonyl (C=O) groups excluding carboxylic acids is 2. The zero-order chi connectivity index (χ0) is 16.4. The summed E-state index contributed by atoms with van der Waals surface area (Å²) in [6.45, 7) is 5.05. The van der Waals surface area contributed by atoms with E-state index in [1.54, 1.807) is 13.8 Å². The van der Waals surface area contributed by atoms with Crippen molar-refractivity contribution in [3.63, 3.8) is 0 Å². The fourth-order valence-corrected chi connectivity index (χ4v) is 2.13. The third kappa shape index (κ3) is 3.60. The van der Waals surface area contributed by atoms with E-state index in [9.17, 15) is 19.7 Å². The summed E-state index contributed by atoms with van der Waals surface area (Å²) in [5, 5.41) is 13.5. The van der Waals surface area contributed by atoms with Crippen LogP contribution in [0.25, 0.3) is 0 Å². The van der Waals surface area contributed by atoms with Crippen molar-refractivity contribution in [1.82, 2.24) is 0 Å². The second-order valence-electron chi connectivity index (χ2n) is 5.69. The standard InChI is InChI=1S/C15H18N2O5/c1-8-5-12(13(17(20)21)6-9(8)2)16-14(18)7-22-15(19)11-4-10(11)3/h5-6,10-11H,4,7H2,1-3H3,(H,16,18)/t10-,11+/m1/s1. The minimum atomic E-state index is -0.590. The highest BCUT2D eigenvalue weighted by atomic mass is 16.6. The van der Waals surface area contributed by atoms with Crippen LogP contribution in [0.3, 0.4) is 0 Å². The number of hydrogen-bond acceptors (Lipinski definition) is 5. The molecule has 1 amide bonds. The normalized spacial score (nSPS) is 19.4. The molecule has 2 atom stereocenters. The molecule has 7 nitrogen and oxygen atoms in total. The van der Waals surface area contributed by atoms with E-state index in [-0.39, 0.29) is 17.3 Å². The molecule has 0 aromatic heterocycles. The molecule has 1 N–H and O–H groups in total. The van der Waals surface area contributed by atoms with Gasteiger partial charge in [0.2, 0.25) is 0 Å². The number of carbonyl (C=O) groups is 2. The van der Waals surface area contributed by atoms with Gasteiger partial charge in [-0.3, -0.25) is 19.7 Å². The largest absolute Gasteiger partial charge is 0.455 e. The fourth-order valence-electron chi connectivity index (χ4n) is 2.13. The maximum atomic E-state index is 11.8. The molecule has 0 spiro atoms. The number of hydrogen-bond donors (Lipinski definition) is 1. The molecular weight excluding hydrogens is 288 g/mol. The first-order valence-corrected chi connectivity index (χ1v) is 7.01. The Labute approximate surface area is 127 Å². The van der Waals surface area contributed by atoms with Gasteiger partial charge in [-0.05, 0) is 43.4 Å². The molecule has 2 rings (SSSR count). The minimum absolute atomic E-state index is 0.105. The number of nitro benzene ring substituents is 1. The highest BCUT2D eigenvalue weighted by Crippen LogP contribution is 2.38. The van der Waals surface area contributed by atoms with Crippen molar-refractivity contribution in [2.75, 3.05) is 11.9 Å². The monoisotopic (exact) mass is 306 g/mol. The van der Waals surface area contributed by atoms with Crippen LogP contribution >= 0.6 is 0 Å². The topological polar surface area (TPSA) is 98.5 Å². The van der Waals surface area contributed by atoms with Gasteiger partial charge in [-0.1, -0.05) is 6.92 Å². The third-order valence-electron chi connectivity index (χ3n) is 3.84. The number of aryl methyl sites for hydroxylation is 2. The van der Waals surface area contributed by atoms with Gasteiger partial charge in [-0.2, -0.15) is 0 Å². The van der Waals surface area contributed by atoms with Gasteiger partial charge in [0.25, 0.3) is 11.6 Å². The van der Waals surface area contributed by atoms with Crippen LogP contribution in [0, 0.1) is 35.8 Å². The Kier molecular flexibility index (Phi) is 4.44. The van der Waals surface area contributed by atoms with Gasteiger partial charge < -0.3 is 10.1 Å². The molecule has 0 unspecified atom stereocenters. The quantitative estimate of drug-likeness (QED) is 0.511. The first-order chi connectivity index (χ1) is 10.3. The van der Waals surface area contributed by atoms with Crippen molar-refractivity contribution in [2.24, 2.45) is 11.8 Å². The van der Waals surface area contributed by atoms with E-state index in [0.29, 0.717) is 5.92 Å². The smallest absolute Gasteiger partial charge is 0.309 e. The van der Waals surface area contributed by atoms with E-state index in [1.807, 2.05) is 6.92 Å². The van der Waals surface area contributed by atoms with Crippen molar-refractivity contribution in [1.29, 1.82) is 0 Å². The maximum Gasteiger partial charge on any atom is 0.309 e. The lowest BCUT2D eigenvalue weighted by atomic mass is 10.1. The van der Waals surface area contributed by atoms with Crippen LogP contribution in [0.5, 0.6) is 0 Å². The average molecular weight is 306 g/mol. The number of nitrogens with zero attached hydrogens (tertiary/aromatic N) is 1. The van der Waals surface area contributed by atoms with Gasteiger partial charge in [0.15, 0.2) is 6.61 Å². The number of nitro groups is 1. The molecule has 0 heterocycles. The fraction of sp³-hybridized carbons (Fsp3) is 0.467. The van der Waals surface area contributed by atoms with Crippen LogP contribution < -0.4 is 5.32 Å². The van der Waals surface area contributed by atoms with Crippen molar-refractivity contribution >= 4 is 23.3 Å². The Bertz CT molecular complexity index is 641. The van der Waals surface area contributed by atoms with E-state index in [2.05, 4.69) is 5.32 Å². The lowest BCUT2D eigenvalue weighted by Gasteiger charge is -2.09. The van der Waals surface area contributed by atoms with Gasteiger partial charge in [0, 0.05) is 6.07 Å². The zero-order valence-electron chi connectivity index (χ0n) is 12.7. The summed E-state index contributed by atoms with van der Waals surface area (Å²) >= 11 is 0. The summed E-state index contributed by atoms with van der Waals surface area (Å²) in [4.78, 5) is 33.8. The van der Waals surface area contributed by atoms with Gasteiger partial charge >= 0.3 is 5.97 Å². The van der Waals surface area contributed by atoms with Crippen LogP contribution in [-0.2, 0) is 14.3 Å². The summed E-state index contributed by atoms with van der Waals surface area (Å²) in [5.41, 5.74) is 1.51. The third-order valence-corrected chi connectivity index (χ3v) is 3.84. The van der Waals surface area contributed by atoms with Crippen LogP contribution in [-0.4, -0.2) is 23.4 Å². The molecule has 7 heteroatoms. The van der Waals surface area contributed by atoms with Gasteiger partial charge in [0.1, 0.15) is 5.69 Å². The SMILES string of the molecule is Cc1cc(NC(=O)COC(=O)[C@H]2C[C@H]2C)c([N+](=O)[O-])cc1C. The van der Waals surface area contributed by atoms with Crippen molar-refractivity contribution in [2.45, 2.75) is 27.2 Å². The predicted molar refractivity (Wildman–Crippen MR) is 79.4 cm³/mol. The summed E-state index contributed by atoms with van der Waals surface area (Å²) in [6.07, 6.45) is 0.781. The molecule has 1 fully saturated rings. The van der Waals surface area contributed by atoms with Crippen molar-refractivity contribution in [3.8, 4) is 0 Å². The molecule has 1 aromatic rings. The Balaban J connectivity index is 2.00. The molecule has 1 saturated carbocycles. The van der Waals surface area contributed by atoms with E-state index >= 15 is 0 Å². The minimum Gasteiger partial charge on any atom is -0.455 e. The van der Waals surface area contributed by atoms with Crippen molar-refractivity contribution < 1.29 is 19.2 Å². The number of amides is 1. The van der Waals surface area contributed by atoms with E-state index in [0.717, 1.165) is 17.5 Å². The Hall–Kier alpha value is -2.44. The lowest BCUT2D eigenvalue weighted by Crippen LogP contribution is -2.22. The molecule has 0 bridgehead atoms. The lowest BCUT2D eigenvalue weighted by molar-refractivity contribution is -0.384. The van der Waals surface area contributed by atoms with Crippen LogP contribution in [0.4, 0.5) is 11.4 Å². The molecule has 1 aliphatic rings. The molecule has 118 valence electrons. The Morgan fingerprint density at radius 2 is 1.95 bits per heavy atom. The predicted octanol–water partition coefficient (Wildman–Crippen LogP) is 2.35. The van der Waals surface area contributed by atoms with Gasteiger partial charge in [0.05, 0.1) is 10.8 Å². The average Bonchev–Trinajstić information content (AvgIpc) is 3.16. The van der Waals surface area contributed by atoms with Crippen LogP contribution in [0.2, 0.25) is 0 Å². The zero-order valence-corrected chi connectivity index (χ0v) is 12.7. The molecule has 1 aliphatic carbocycles. The second-order valence-corrected chi connectivity index (χ2v) is 5.69. The highest BCUT2D eigenvalue weighted by Gasteiger charge is 2.40. The molecule has 0 saturated heterocycles. The summed E-state index contributed by atoms with van der Waals surface area (Å²) in [6, 6.07) is 2.94.